The number of nitrogens with one attached hydrogen (secondary N) is 1. The van der Waals surface area contributed by atoms with Crippen molar-refractivity contribution < 1.29 is 18.7 Å². The van der Waals surface area contributed by atoms with Crippen LogP contribution in [0.5, 0.6) is 11.5 Å². The Morgan fingerprint density at radius 1 is 1.16 bits per heavy atom. The first-order chi connectivity index (χ1) is 12.0. The van der Waals surface area contributed by atoms with E-state index in [0.717, 1.165) is 5.56 Å². The van der Waals surface area contributed by atoms with Gasteiger partial charge in [-0.1, -0.05) is 30.7 Å². The molecule has 2 rings (SSSR count). The molecule has 0 fully saturated rings. The molecule has 1 amide bonds. The van der Waals surface area contributed by atoms with E-state index in [1.807, 2.05) is 19.1 Å². The van der Waals surface area contributed by atoms with E-state index >= 15 is 0 Å². The van der Waals surface area contributed by atoms with Crippen molar-refractivity contribution in [3.05, 3.63) is 58.4 Å². The molecule has 0 aromatic heterocycles. The van der Waals surface area contributed by atoms with Gasteiger partial charge in [-0.05, 0) is 41.8 Å². The van der Waals surface area contributed by atoms with Crippen molar-refractivity contribution in [2.45, 2.75) is 25.8 Å². The predicted molar refractivity (Wildman–Crippen MR) is 95.8 cm³/mol. The second kappa shape index (κ2) is 8.72. The lowest BCUT2D eigenvalue weighted by Gasteiger charge is -2.19. The largest absolute Gasteiger partial charge is 0.493 e. The Morgan fingerprint density at radius 3 is 2.48 bits per heavy atom. The number of benzene rings is 2. The minimum atomic E-state index is -0.484. The Bertz CT molecular complexity index is 751. The molecule has 1 N–H and O–H groups in total. The van der Waals surface area contributed by atoms with Gasteiger partial charge in [-0.15, -0.1) is 0 Å². The predicted octanol–water partition coefficient (Wildman–Crippen LogP) is 4.31. The third-order valence-corrected chi connectivity index (χ3v) is 4.15. The molecule has 0 spiro atoms. The summed E-state index contributed by atoms with van der Waals surface area (Å²) in [7, 11) is 3.13. The van der Waals surface area contributed by atoms with Crippen LogP contribution >= 0.6 is 11.6 Å². The Kier molecular flexibility index (Phi) is 6.65. The summed E-state index contributed by atoms with van der Waals surface area (Å²) in [6.07, 6.45) is 0.636. The van der Waals surface area contributed by atoms with E-state index in [1.54, 1.807) is 26.4 Å². The van der Waals surface area contributed by atoms with Gasteiger partial charge in [-0.2, -0.15) is 0 Å². The van der Waals surface area contributed by atoms with E-state index in [1.165, 1.54) is 12.1 Å². The molecule has 6 heteroatoms. The van der Waals surface area contributed by atoms with Gasteiger partial charge in [0.1, 0.15) is 5.82 Å². The highest BCUT2D eigenvalue weighted by Gasteiger charge is 2.16. The van der Waals surface area contributed by atoms with Crippen molar-refractivity contribution in [3.8, 4) is 11.5 Å². The van der Waals surface area contributed by atoms with Crippen molar-refractivity contribution in [2.75, 3.05) is 14.2 Å². The lowest BCUT2D eigenvalue weighted by atomic mass is 10.0. The molecule has 0 aliphatic carbocycles. The van der Waals surface area contributed by atoms with Crippen LogP contribution < -0.4 is 14.8 Å². The summed E-state index contributed by atoms with van der Waals surface area (Å²) in [5, 5.41) is 3.23. The van der Waals surface area contributed by atoms with Crippen LogP contribution in [0.1, 0.15) is 30.5 Å². The maximum Gasteiger partial charge on any atom is 0.225 e. The molecule has 0 bridgehead atoms. The highest BCUT2D eigenvalue weighted by molar-refractivity contribution is 6.30. The van der Waals surface area contributed by atoms with Crippen molar-refractivity contribution >= 4 is 17.5 Å². The lowest BCUT2D eigenvalue weighted by molar-refractivity contribution is -0.121. The summed E-state index contributed by atoms with van der Waals surface area (Å²) in [6.45, 7) is 1.96. The van der Waals surface area contributed by atoms with Gasteiger partial charge in [0.05, 0.1) is 26.7 Å². The number of hydrogen-bond donors (Lipinski definition) is 1. The molecule has 0 heterocycles. The zero-order valence-corrected chi connectivity index (χ0v) is 15.2. The molecule has 0 aliphatic rings. The van der Waals surface area contributed by atoms with Gasteiger partial charge in [0.15, 0.2) is 11.5 Å². The zero-order chi connectivity index (χ0) is 18.4. The quantitative estimate of drug-likeness (QED) is 0.795. The fraction of sp³-hybridized carbons (Fsp3) is 0.316. The molecule has 4 nitrogen and oxygen atoms in total. The number of ether oxygens (including phenoxy) is 2. The number of carbonyl (C=O) groups is 1. The van der Waals surface area contributed by atoms with Gasteiger partial charge in [-0.3, -0.25) is 4.79 Å². The zero-order valence-electron chi connectivity index (χ0n) is 14.4. The molecule has 134 valence electrons. The van der Waals surface area contributed by atoms with Crippen molar-refractivity contribution in [1.29, 1.82) is 0 Å². The van der Waals surface area contributed by atoms with Crippen molar-refractivity contribution in [2.24, 2.45) is 0 Å². The lowest BCUT2D eigenvalue weighted by Crippen LogP contribution is -2.29. The van der Waals surface area contributed by atoms with Crippen LogP contribution in [-0.2, 0) is 11.2 Å². The van der Waals surface area contributed by atoms with Crippen LogP contribution in [0, 0.1) is 5.82 Å². The standard InChI is InChI=1S/C19H21ClFNO3/c1-4-16(13-6-8-17(24-2)18(9-13)25-3)22-19(23)10-12-5-7-14(20)11-15(12)21/h5-9,11,16H,4,10H2,1-3H3,(H,22,23). The van der Waals surface area contributed by atoms with Crippen LogP contribution in [0.25, 0.3) is 0 Å². The Morgan fingerprint density at radius 2 is 1.88 bits per heavy atom. The van der Waals surface area contributed by atoms with Gasteiger partial charge < -0.3 is 14.8 Å². The molecular formula is C19H21ClFNO3. The number of rotatable bonds is 7. The van der Waals surface area contributed by atoms with Gasteiger partial charge in [0, 0.05) is 5.02 Å². The van der Waals surface area contributed by atoms with Gasteiger partial charge in [0.2, 0.25) is 5.91 Å². The van der Waals surface area contributed by atoms with Crippen molar-refractivity contribution in [1.82, 2.24) is 5.32 Å². The number of methoxy groups -OCH3 is 2. The number of carbonyl (C=O) groups excluding carboxylic acids is 1. The molecular weight excluding hydrogens is 345 g/mol. The summed E-state index contributed by atoms with van der Waals surface area (Å²) >= 11 is 5.73. The van der Waals surface area contributed by atoms with Crippen molar-refractivity contribution in [3.63, 3.8) is 0 Å². The SMILES string of the molecule is CCC(NC(=O)Cc1ccc(Cl)cc1F)c1ccc(OC)c(OC)c1. The van der Waals surface area contributed by atoms with Crippen LogP contribution in [0.15, 0.2) is 36.4 Å². The monoisotopic (exact) mass is 365 g/mol. The molecule has 0 saturated carbocycles. The minimum Gasteiger partial charge on any atom is -0.493 e. The van der Waals surface area contributed by atoms with Gasteiger partial charge in [0.25, 0.3) is 0 Å². The van der Waals surface area contributed by atoms with E-state index in [2.05, 4.69) is 5.32 Å². The minimum absolute atomic E-state index is 0.0488. The fourth-order valence-electron chi connectivity index (χ4n) is 2.57. The number of halogens is 2. The maximum absolute atomic E-state index is 13.8. The third kappa shape index (κ3) is 4.86. The van der Waals surface area contributed by atoms with E-state index in [-0.39, 0.29) is 18.4 Å². The first-order valence-corrected chi connectivity index (χ1v) is 8.31. The summed E-state index contributed by atoms with van der Waals surface area (Å²) in [5.74, 6) is 0.469. The molecule has 25 heavy (non-hydrogen) atoms. The highest BCUT2D eigenvalue weighted by atomic mass is 35.5. The van der Waals surface area contributed by atoms with E-state index in [9.17, 15) is 9.18 Å². The number of hydrogen-bond acceptors (Lipinski definition) is 3. The first kappa shape index (κ1) is 19.1. The molecule has 0 saturated heterocycles. The van der Waals surface area contributed by atoms with Crippen LogP contribution in [0.4, 0.5) is 4.39 Å². The summed E-state index contributed by atoms with van der Waals surface area (Å²) in [6, 6.07) is 9.59. The smallest absolute Gasteiger partial charge is 0.225 e. The average molecular weight is 366 g/mol. The molecule has 0 radical (unpaired) electrons. The fourth-order valence-corrected chi connectivity index (χ4v) is 2.73. The first-order valence-electron chi connectivity index (χ1n) is 7.93. The molecule has 2 aromatic rings. The molecule has 0 aliphatic heterocycles. The molecule has 1 atom stereocenters. The van der Waals surface area contributed by atoms with Crippen LogP contribution in [0.3, 0.4) is 0 Å². The average Bonchev–Trinajstić information content (AvgIpc) is 2.61. The molecule has 2 aromatic carbocycles. The normalized spacial score (nSPS) is 11.7. The highest BCUT2D eigenvalue weighted by Crippen LogP contribution is 2.31. The Labute approximate surface area is 151 Å². The second-order valence-corrected chi connectivity index (χ2v) is 5.99. The second-order valence-electron chi connectivity index (χ2n) is 5.56. The Balaban J connectivity index is 2.12. The van der Waals surface area contributed by atoms with Gasteiger partial charge >= 0.3 is 0 Å². The van der Waals surface area contributed by atoms with Crippen LogP contribution in [0.2, 0.25) is 5.02 Å². The Hall–Kier alpha value is -2.27. The van der Waals surface area contributed by atoms with E-state index in [4.69, 9.17) is 21.1 Å². The summed E-state index contributed by atoms with van der Waals surface area (Å²) in [5.41, 5.74) is 1.20. The summed E-state index contributed by atoms with van der Waals surface area (Å²) in [4.78, 5) is 12.3. The van der Waals surface area contributed by atoms with Crippen LogP contribution in [-0.4, -0.2) is 20.1 Å². The number of amides is 1. The molecule has 1 unspecified atom stereocenters. The van der Waals surface area contributed by atoms with E-state index in [0.29, 0.717) is 28.5 Å². The van der Waals surface area contributed by atoms with E-state index < -0.39 is 5.82 Å². The summed E-state index contributed by atoms with van der Waals surface area (Å²) < 4.78 is 24.4. The van der Waals surface area contributed by atoms with Gasteiger partial charge in [-0.25, -0.2) is 4.39 Å². The third-order valence-electron chi connectivity index (χ3n) is 3.92. The topological polar surface area (TPSA) is 47.6 Å². The maximum atomic E-state index is 13.8.